The van der Waals surface area contributed by atoms with E-state index in [2.05, 4.69) is 14.1 Å². The third-order valence-corrected chi connectivity index (χ3v) is 4.53. The summed E-state index contributed by atoms with van der Waals surface area (Å²) in [6.07, 6.45) is 0. The fraction of sp³-hybridized carbons (Fsp3) is 0.211. The van der Waals surface area contributed by atoms with Crippen LogP contribution in [-0.4, -0.2) is 21.8 Å². The van der Waals surface area contributed by atoms with Crippen LogP contribution in [0, 0.1) is 6.92 Å². The Morgan fingerprint density at radius 3 is 2.58 bits per heavy atom. The molecule has 134 valence electrons. The smallest absolute Gasteiger partial charge is 0.251 e. The number of carbonyl (C=O) groups excluding carboxylic acids is 1. The van der Waals surface area contributed by atoms with Crippen LogP contribution in [0.4, 0.5) is 0 Å². The van der Waals surface area contributed by atoms with Gasteiger partial charge in [0.05, 0.1) is 24.5 Å². The number of nitrogens with one attached hydrogen (secondary N) is 1. The maximum Gasteiger partial charge on any atom is 0.251 e. The Bertz CT molecular complexity index is 878. The Hall–Kier alpha value is -2.93. The van der Waals surface area contributed by atoms with E-state index in [4.69, 9.17) is 9.47 Å². The number of ether oxygens (including phenoxy) is 2. The number of aryl methyl sites for hydroxylation is 1. The molecule has 0 unspecified atom stereocenters. The lowest BCUT2D eigenvalue weighted by Crippen LogP contribution is -2.22. The molecular formula is C19H19N3O3S. The Morgan fingerprint density at radius 1 is 1.12 bits per heavy atom. The zero-order valence-electron chi connectivity index (χ0n) is 14.6. The average molecular weight is 369 g/mol. The fourth-order valence-corrected chi connectivity index (χ4v) is 2.91. The number of para-hydroxylation sites is 1. The molecule has 2 aromatic carbocycles. The molecule has 0 saturated carbocycles. The van der Waals surface area contributed by atoms with Gasteiger partial charge in [-0.25, -0.2) is 0 Å². The second-order valence-electron chi connectivity index (χ2n) is 5.60. The molecule has 0 radical (unpaired) electrons. The molecular weight excluding hydrogens is 350 g/mol. The van der Waals surface area contributed by atoms with Gasteiger partial charge in [-0.3, -0.25) is 4.79 Å². The van der Waals surface area contributed by atoms with E-state index < -0.39 is 0 Å². The number of carbonyl (C=O) groups is 1. The first-order chi connectivity index (χ1) is 12.7. The quantitative estimate of drug-likeness (QED) is 0.691. The molecule has 0 atom stereocenters. The van der Waals surface area contributed by atoms with Crippen LogP contribution >= 0.6 is 11.7 Å². The van der Waals surface area contributed by atoms with E-state index in [1.54, 1.807) is 31.4 Å². The summed E-state index contributed by atoms with van der Waals surface area (Å²) >= 11 is 1.17. The summed E-state index contributed by atoms with van der Waals surface area (Å²) in [7, 11) is 1.61. The average Bonchev–Trinajstić information content (AvgIpc) is 3.10. The molecule has 26 heavy (non-hydrogen) atoms. The van der Waals surface area contributed by atoms with E-state index in [0.717, 1.165) is 22.7 Å². The minimum absolute atomic E-state index is 0.151. The van der Waals surface area contributed by atoms with Crippen molar-refractivity contribution < 1.29 is 14.3 Å². The van der Waals surface area contributed by atoms with Crippen molar-refractivity contribution in [2.24, 2.45) is 0 Å². The second kappa shape index (κ2) is 8.44. The Balaban J connectivity index is 1.56. The van der Waals surface area contributed by atoms with Crippen LogP contribution in [0.3, 0.4) is 0 Å². The van der Waals surface area contributed by atoms with Gasteiger partial charge in [-0.15, -0.1) is 0 Å². The number of aromatic nitrogens is 2. The highest BCUT2D eigenvalue weighted by Gasteiger charge is 2.09. The minimum Gasteiger partial charge on any atom is -0.496 e. The summed E-state index contributed by atoms with van der Waals surface area (Å²) < 4.78 is 19.3. The lowest BCUT2D eigenvalue weighted by Gasteiger charge is -2.10. The van der Waals surface area contributed by atoms with Crippen molar-refractivity contribution in [2.45, 2.75) is 20.1 Å². The first-order valence-electron chi connectivity index (χ1n) is 8.08. The van der Waals surface area contributed by atoms with Gasteiger partial charge >= 0.3 is 0 Å². The number of hydrogen-bond acceptors (Lipinski definition) is 6. The van der Waals surface area contributed by atoms with Crippen LogP contribution in [0.1, 0.15) is 27.3 Å². The van der Waals surface area contributed by atoms with Crippen molar-refractivity contribution in [3.8, 4) is 11.5 Å². The number of benzene rings is 2. The predicted molar refractivity (Wildman–Crippen MR) is 99.6 cm³/mol. The molecule has 3 rings (SSSR count). The first-order valence-corrected chi connectivity index (χ1v) is 8.81. The summed E-state index contributed by atoms with van der Waals surface area (Å²) in [5.74, 6) is 1.28. The molecule has 6 nitrogen and oxygen atoms in total. The van der Waals surface area contributed by atoms with E-state index in [-0.39, 0.29) is 5.91 Å². The van der Waals surface area contributed by atoms with E-state index in [1.807, 2.05) is 31.2 Å². The van der Waals surface area contributed by atoms with Gasteiger partial charge < -0.3 is 14.8 Å². The first kappa shape index (κ1) is 17.9. The second-order valence-corrected chi connectivity index (χ2v) is 6.13. The van der Waals surface area contributed by atoms with Crippen molar-refractivity contribution >= 4 is 17.6 Å². The molecule has 0 fully saturated rings. The van der Waals surface area contributed by atoms with E-state index in [9.17, 15) is 4.79 Å². The maximum atomic E-state index is 12.3. The molecule has 7 heteroatoms. The van der Waals surface area contributed by atoms with E-state index >= 15 is 0 Å². The van der Waals surface area contributed by atoms with Gasteiger partial charge in [0, 0.05) is 17.7 Å². The summed E-state index contributed by atoms with van der Waals surface area (Å²) in [6, 6.07) is 14.6. The third-order valence-electron chi connectivity index (χ3n) is 3.87. The molecule has 1 amide bonds. The van der Waals surface area contributed by atoms with Gasteiger partial charge in [0.2, 0.25) is 0 Å². The summed E-state index contributed by atoms with van der Waals surface area (Å²) in [5, 5.41) is 2.89. The lowest BCUT2D eigenvalue weighted by atomic mass is 10.1. The monoisotopic (exact) mass is 369 g/mol. The highest BCUT2D eigenvalue weighted by Crippen LogP contribution is 2.18. The Morgan fingerprint density at radius 2 is 1.88 bits per heavy atom. The standard InChI is InChI=1S/C19H19N3O3S/c1-13-17(22-26-21-13)12-25-16-9-7-14(8-10-16)19(23)20-11-15-5-3-4-6-18(15)24-2/h3-10H,11-12H2,1-2H3,(H,20,23). The lowest BCUT2D eigenvalue weighted by molar-refractivity contribution is 0.0950. The fourth-order valence-electron chi connectivity index (χ4n) is 2.36. The van der Waals surface area contributed by atoms with Crippen molar-refractivity contribution in [1.29, 1.82) is 0 Å². The van der Waals surface area contributed by atoms with Crippen LogP contribution in [0.2, 0.25) is 0 Å². The van der Waals surface area contributed by atoms with Crippen LogP contribution in [-0.2, 0) is 13.2 Å². The van der Waals surface area contributed by atoms with Gasteiger partial charge in [-0.1, -0.05) is 18.2 Å². The minimum atomic E-state index is -0.151. The zero-order chi connectivity index (χ0) is 18.4. The molecule has 3 aromatic rings. The highest BCUT2D eigenvalue weighted by molar-refractivity contribution is 6.99. The summed E-state index contributed by atoms with van der Waals surface area (Å²) in [5.41, 5.74) is 3.20. The highest BCUT2D eigenvalue weighted by atomic mass is 32.1. The Labute approximate surface area is 156 Å². The van der Waals surface area contributed by atoms with Gasteiger partial charge in [-0.2, -0.15) is 8.75 Å². The Kier molecular flexibility index (Phi) is 5.80. The van der Waals surface area contributed by atoms with Gasteiger partial charge in [0.1, 0.15) is 23.8 Å². The van der Waals surface area contributed by atoms with Gasteiger partial charge in [-0.05, 0) is 37.3 Å². The SMILES string of the molecule is COc1ccccc1CNC(=O)c1ccc(OCc2nsnc2C)cc1. The third kappa shape index (κ3) is 4.37. The number of nitrogens with zero attached hydrogens (tertiary/aromatic N) is 2. The molecule has 0 saturated heterocycles. The predicted octanol–water partition coefficient (Wildman–Crippen LogP) is 3.36. The molecule has 0 aliphatic carbocycles. The van der Waals surface area contributed by atoms with Crippen molar-refractivity contribution in [1.82, 2.24) is 14.1 Å². The molecule has 0 bridgehead atoms. The largest absolute Gasteiger partial charge is 0.496 e. The van der Waals surface area contributed by atoms with Crippen LogP contribution in [0.5, 0.6) is 11.5 Å². The van der Waals surface area contributed by atoms with E-state index in [0.29, 0.717) is 24.5 Å². The van der Waals surface area contributed by atoms with Crippen LogP contribution in [0.25, 0.3) is 0 Å². The van der Waals surface area contributed by atoms with Gasteiger partial charge in [0.25, 0.3) is 5.91 Å². The molecule has 0 aliphatic rings. The van der Waals surface area contributed by atoms with Crippen molar-refractivity contribution in [2.75, 3.05) is 7.11 Å². The van der Waals surface area contributed by atoms with Gasteiger partial charge in [0.15, 0.2) is 0 Å². The van der Waals surface area contributed by atoms with Crippen molar-refractivity contribution in [3.63, 3.8) is 0 Å². The summed E-state index contributed by atoms with van der Waals surface area (Å²) in [6.45, 7) is 2.66. The van der Waals surface area contributed by atoms with Crippen LogP contribution < -0.4 is 14.8 Å². The molecule has 1 heterocycles. The maximum absolute atomic E-state index is 12.3. The summed E-state index contributed by atoms with van der Waals surface area (Å²) in [4.78, 5) is 12.3. The van der Waals surface area contributed by atoms with E-state index in [1.165, 1.54) is 11.7 Å². The normalized spacial score (nSPS) is 10.4. The molecule has 1 N–H and O–H groups in total. The zero-order valence-corrected chi connectivity index (χ0v) is 15.4. The van der Waals surface area contributed by atoms with Crippen molar-refractivity contribution in [3.05, 3.63) is 71.0 Å². The topological polar surface area (TPSA) is 73.3 Å². The number of amides is 1. The molecule has 1 aromatic heterocycles. The number of rotatable bonds is 7. The van der Waals surface area contributed by atoms with Crippen LogP contribution in [0.15, 0.2) is 48.5 Å². The molecule has 0 aliphatic heterocycles. The molecule has 0 spiro atoms. The number of methoxy groups -OCH3 is 1. The number of hydrogen-bond donors (Lipinski definition) is 1.